The van der Waals surface area contributed by atoms with Gasteiger partial charge in [0.2, 0.25) is 0 Å². The average molecular weight is 285 g/mol. The molecular formula is C17H23N3O. The van der Waals surface area contributed by atoms with Crippen molar-refractivity contribution in [2.45, 2.75) is 51.3 Å². The predicted molar refractivity (Wildman–Crippen MR) is 83.0 cm³/mol. The lowest BCUT2D eigenvalue weighted by Crippen LogP contribution is -2.66. The van der Waals surface area contributed by atoms with E-state index >= 15 is 0 Å². The van der Waals surface area contributed by atoms with Gasteiger partial charge in [0.05, 0.1) is 23.7 Å². The number of para-hydroxylation sites is 2. The van der Waals surface area contributed by atoms with Gasteiger partial charge >= 0.3 is 0 Å². The van der Waals surface area contributed by atoms with Crippen molar-refractivity contribution in [2.75, 3.05) is 6.61 Å². The number of ether oxygens (including phenoxy) is 1. The Labute approximate surface area is 125 Å². The number of aromatic amines is 1. The maximum absolute atomic E-state index is 5.90. The quantitative estimate of drug-likeness (QED) is 0.888. The lowest BCUT2D eigenvalue weighted by Gasteiger charge is -2.61. The van der Waals surface area contributed by atoms with Crippen molar-refractivity contribution in [3.05, 3.63) is 30.1 Å². The monoisotopic (exact) mass is 285 g/mol. The Hall–Kier alpha value is -1.39. The second-order valence-corrected chi connectivity index (χ2v) is 6.40. The van der Waals surface area contributed by atoms with Crippen LogP contribution in [0.2, 0.25) is 0 Å². The highest BCUT2D eigenvalue weighted by Gasteiger charge is 2.58. The maximum atomic E-state index is 5.90. The van der Waals surface area contributed by atoms with Crippen LogP contribution in [0.4, 0.5) is 0 Å². The zero-order valence-corrected chi connectivity index (χ0v) is 12.6. The smallest absolute Gasteiger partial charge is 0.121 e. The first-order chi connectivity index (χ1) is 10.3. The molecule has 0 bridgehead atoms. The molecule has 112 valence electrons. The summed E-state index contributed by atoms with van der Waals surface area (Å²) in [5, 5.41) is 3.70. The van der Waals surface area contributed by atoms with E-state index in [1.165, 1.54) is 19.3 Å². The fraction of sp³-hybridized carbons (Fsp3) is 0.588. The standard InChI is InChI=1S/C17H23N3O/c1-2-21-15-10-14(17(15)8-5-9-17)18-11-16-19-12-6-3-4-7-13(12)20-16/h3-4,6-7,14-15,18H,2,5,8-11H2,1H3,(H,19,20). The molecule has 21 heavy (non-hydrogen) atoms. The van der Waals surface area contributed by atoms with Gasteiger partial charge in [0, 0.05) is 18.1 Å². The molecule has 0 amide bonds. The molecule has 2 aromatic rings. The summed E-state index contributed by atoms with van der Waals surface area (Å²) >= 11 is 0. The molecule has 2 aliphatic carbocycles. The largest absolute Gasteiger partial charge is 0.378 e. The van der Waals surface area contributed by atoms with Crippen molar-refractivity contribution in [1.82, 2.24) is 15.3 Å². The second-order valence-electron chi connectivity index (χ2n) is 6.40. The van der Waals surface area contributed by atoms with Crippen LogP contribution in [0, 0.1) is 5.41 Å². The topological polar surface area (TPSA) is 49.9 Å². The Morgan fingerprint density at radius 2 is 2.24 bits per heavy atom. The lowest BCUT2D eigenvalue weighted by atomic mass is 9.51. The van der Waals surface area contributed by atoms with Crippen LogP contribution < -0.4 is 5.32 Å². The highest BCUT2D eigenvalue weighted by atomic mass is 16.5. The van der Waals surface area contributed by atoms with Crippen LogP contribution in [0.25, 0.3) is 11.0 Å². The summed E-state index contributed by atoms with van der Waals surface area (Å²) in [5.74, 6) is 1.03. The van der Waals surface area contributed by atoms with Gasteiger partial charge in [-0.3, -0.25) is 0 Å². The fourth-order valence-electron chi connectivity index (χ4n) is 4.03. The number of nitrogens with one attached hydrogen (secondary N) is 2. The molecule has 1 aromatic heterocycles. The van der Waals surface area contributed by atoms with Crippen molar-refractivity contribution in [3.63, 3.8) is 0 Å². The van der Waals surface area contributed by atoms with E-state index in [2.05, 4.69) is 34.3 Å². The summed E-state index contributed by atoms with van der Waals surface area (Å²) in [7, 11) is 0. The van der Waals surface area contributed by atoms with E-state index in [9.17, 15) is 0 Å². The van der Waals surface area contributed by atoms with E-state index in [4.69, 9.17) is 4.74 Å². The SMILES string of the molecule is CCOC1CC(NCc2nc3ccccc3[nH]2)C12CCC2. The van der Waals surface area contributed by atoms with E-state index < -0.39 is 0 Å². The molecule has 0 saturated heterocycles. The van der Waals surface area contributed by atoms with E-state index in [-0.39, 0.29) is 0 Å². The third kappa shape index (κ3) is 2.09. The molecule has 0 aliphatic heterocycles. The predicted octanol–water partition coefficient (Wildman–Crippen LogP) is 3.00. The van der Waals surface area contributed by atoms with Crippen molar-refractivity contribution in [3.8, 4) is 0 Å². The number of hydrogen-bond acceptors (Lipinski definition) is 3. The summed E-state index contributed by atoms with van der Waals surface area (Å²) in [4.78, 5) is 8.03. The van der Waals surface area contributed by atoms with E-state index in [1.54, 1.807) is 0 Å². The molecular weight excluding hydrogens is 262 g/mol. The van der Waals surface area contributed by atoms with Crippen molar-refractivity contribution in [1.29, 1.82) is 0 Å². The molecule has 2 aliphatic rings. The summed E-state index contributed by atoms with van der Waals surface area (Å²) < 4.78 is 5.90. The van der Waals surface area contributed by atoms with Crippen molar-refractivity contribution in [2.24, 2.45) is 5.41 Å². The normalized spacial score (nSPS) is 26.7. The van der Waals surface area contributed by atoms with Crippen molar-refractivity contribution >= 4 is 11.0 Å². The number of imidazole rings is 1. The van der Waals surface area contributed by atoms with E-state index in [1.807, 2.05) is 12.1 Å². The van der Waals surface area contributed by atoms with Crippen molar-refractivity contribution < 1.29 is 4.74 Å². The molecule has 1 spiro atoms. The molecule has 0 radical (unpaired) electrons. The minimum Gasteiger partial charge on any atom is -0.378 e. The Balaban J connectivity index is 1.41. The highest BCUT2D eigenvalue weighted by Crippen LogP contribution is 2.57. The average Bonchev–Trinajstić information content (AvgIpc) is 2.82. The number of fused-ring (bicyclic) bond motifs is 1. The van der Waals surface area contributed by atoms with Gasteiger partial charge in [-0.15, -0.1) is 0 Å². The summed E-state index contributed by atoms with van der Waals surface area (Å²) in [6, 6.07) is 8.79. The molecule has 1 heterocycles. The zero-order valence-electron chi connectivity index (χ0n) is 12.6. The van der Waals surface area contributed by atoms with E-state index in [0.717, 1.165) is 36.4 Å². The molecule has 4 heteroatoms. The number of hydrogen-bond donors (Lipinski definition) is 2. The molecule has 1 aromatic carbocycles. The first-order valence-corrected chi connectivity index (χ1v) is 8.10. The number of rotatable bonds is 5. The maximum Gasteiger partial charge on any atom is 0.121 e. The Kier molecular flexibility index (Phi) is 3.23. The third-order valence-corrected chi connectivity index (χ3v) is 5.39. The van der Waals surface area contributed by atoms with Gasteiger partial charge in [0.1, 0.15) is 5.82 Å². The van der Waals surface area contributed by atoms with Gasteiger partial charge in [-0.25, -0.2) is 4.98 Å². The zero-order chi connectivity index (χ0) is 14.3. The number of aromatic nitrogens is 2. The second kappa shape index (κ2) is 5.11. The van der Waals surface area contributed by atoms with Crippen LogP contribution >= 0.6 is 0 Å². The number of H-pyrrole nitrogens is 1. The van der Waals surface area contributed by atoms with Gasteiger partial charge < -0.3 is 15.0 Å². The molecule has 2 unspecified atom stereocenters. The third-order valence-electron chi connectivity index (χ3n) is 5.39. The van der Waals surface area contributed by atoms with Gasteiger partial charge in [0.25, 0.3) is 0 Å². The molecule has 2 atom stereocenters. The van der Waals surface area contributed by atoms with Crippen LogP contribution in [0.5, 0.6) is 0 Å². The molecule has 4 rings (SSSR count). The number of benzene rings is 1. The molecule has 2 fully saturated rings. The van der Waals surface area contributed by atoms with Crippen LogP contribution in [0.1, 0.15) is 38.4 Å². The fourth-order valence-corrected chi connectivity index (χ4v) is 4.03. The highest BCUT2D eigenvalue weighted by molar-refractivity contribution is 5.74. The molecule has 2 N–H and O–H groups in total. The van der Waals surface area contributed by atoms with Crippen LogP contribution in [0.15, 0.2) is 24.3 Å². The number of nitrogens with zero attached hydrogens (tertiary/aromatic N) is 1. The van der Waals surface area contributed by atoms with Crippen LogP contribution in [0.3, 0.4) is 0 Å². The van der Waals surface area contributed by atoms with Gasteiger partial charge in [-0.2, -0.15) is 0 Å². The summed E-state index contributed by atoms with van der Waals surface area (Å²) in [6.45, 7) is 3.75. The minimum absolute atomic E-state index is 0.419. The van der Waals surface area contributed by atoms with Crippen LogP contribution in [-0.2, 0) is 11.3 Å². The van der Waals surface area contributed by atoms with Crippen LogP contribution in [-0.4, -0.2) is 28.7 Å². The van der Waals surface area contributed by atoms with E-state index in [0.29, 0.717) is 17.6 Å². The van der Waals surface area contributed by atoms with Gasteiger partial charge in [0.15, 0.2) is 0 Å². The lowest BCUT2D eigenvalue weighted by molar-refractivity contribution is -0.173. The van der Waals surface area contributed by atoms with Gasteiger partial charge in [-0.1, -0.05) is 18.6 Å². The first-order valence-electron chi connectivity index (χ1n) is 8.10. The summed E-state index contributed by atoms with van der Waals surface area (Å²) in [6.07, 6.45) is 5.61. The molecule has 4 nitrogen and oxygen atoms in total. The van der Waals surface area contributed by atoms with Gasteiger partial charge in [-0.05, 0) is 38.3 Å². The minimum atomic E-state index is 0.419. The first kappa shape index (κ1) is 13.3. The molecule has 2 saturated carbocycles. The Bertz CT molecular complexity index is 599. The Morgan fingerprint density at radius 3 is 2.95 bits per heavy atom. The summed E-state index contributed by atoms with van der Waals surface area (Å²) in [5.41, 5.74) is 2.59. The Morgan fingerprint density at radius 1 is 1.38 bits per heavy atom.